The summed E-state index contributed by atoms with van der Waals surface area (Å²) in [6, 6.07) is 57.9. The first kappa shape index (κ1) is 28.4. The van der Waals surface area contributed by atoms with Crippen molar-refractivity contribution in [2.24, 2.45) is 0 Å². The Kier molecular flexibility index (Phi) is 6.56. The van der Waals surface area contributed by atoms with Crippen LogP contribution in [0.2, 0.25) is 0 Å². The van der Waals surface area contributed by atoms with E-state index < -0.39 is 0 Å². The Balaban J connectivity index is 1.12. The van der Waals surface area contributed by atoms with Gasteiger partial charge in [0.15, 0.2) is 0 Å². The van der Waals surface area contributed by atoms with Crippen LogP contribution >= 0.6 is 0 Å². The van der Waals surface area contributed by atoms with E-state index in [1.807, 2.05) is 12.1 Å². The molecular weight excluding hydrogens is 611 g/mol. The maximum atomic E-state index is 6.55. The second-order valence-electron chi connectivity index (χ2n) is 12.8. The van der Waals surface area contributed by atoms with Crippen LogP contribution in [-0.4, -0.2) is 0 Å². The lowest BCUT2D eigenvalue weighted by molar-refractivity contribution is 0.568. The molecule has 7 aromatic carbocycles. The van der Waals surface area contributed by atoms with Gasteiger partial charge in [-0.25, -0.2) is 0 Å². The van der Waals surface area contributed by atoms with Gasteiger partial charge in [0.25, 0.3) is 0 Å². The SMILES string of the molecule is C1=c2ccccc2=Cc2c(oc3cccc(-c4ccccc4N(c4ccccc4)c4ccc(-c5ccc6oc7ccccc7c6c5)cc4)c23)C1. The summed E-state index contributed by atoms with van der Waals surface area (Å²) in [6.07, 6.45) is 5.32. The molecule has 236 valence electrons. The van der Waals surface area contributed by atoms with Crippen LogP contribution in [-0.2, 0) is 6.42 Å². The summed E-state index contributed by atoms with van der Waals surface area (Å²) in [5, 5.41) is 5.86. The predicted octanol–water partition coefficient (Wildman–Crippen LogP) is 11.3. The van der Waals surface area contributed by atoms with Crippen molar-refractivity contribution in [2.45, 2.75) is 6.42 Å². The first-order valence-corrected chi connectivity index (χ1v) is 17.1. The lowest BCUT2D eigenvalue weighted by atomic mass is 9.95. The molecule has 0 saturated carbocycles. The summed E-state index contributed by atoms with van der Waals surface area (Å²) in [7, 11) is 0. The maximum absolute atomic E-state index is 6.55. The molecule has 0 amide bonds. The van der Waals surface area contributed by atoms with Gasteiger partial charge < -0.3 is 13.7 Å². The molecule has 0 N–H and O–H groups in total. The van der Waals surface area contributed by atoms with Crippen LogP contribution in [0, 0.1) is 0 Å². The number of fused-ring (bicyclic) bond motifs is 7. The molecule has 0 spiro atoms. The third-order valence-electron chi connectivity index (χ3n) is 9.92. The molecular formula is C47H31NO2. The lowest BCUT2D eigenvalue weighted by Gasteiger charge is -2.28. The van der Waals surface area contributed by atoms with E-state index in [4.69, 9.17) is 8.83 Å². The highest BCUT2D eigenvalue weighted by molar-refractivity contribution is 6.07. The summed E-state index contributed by atoms with van der Waals surface area (Å²) in [5.74, 6) is 0.998. The number of furan rings is 2. The average Bonchev–Trinajstić information content (AvgIpc) is 3.67. The predicted molar refractivity (Wildman–Crippen MR) is 206 cm³/mol. The van der Waals surface area contributed by atoms with Crippen LogP contribution in [0.15, 0.2) is 173 Å². The molecule has 2 aromatic heterocycles. The van der Waals surface area contributed by atoms with Gasteiger partial charge in [-0.15, -0.1) is 0 Å². The first-order valence-electron chi connectivity index (χ1n) is 17.1. The zero-order valence-corrected chi connectivity index (χ0v) is 27.2. The van der Waals surface area contributed by atoms with E-state index in [2.05, 4.69) is 169 Å². The number of anilines is 3. The number of rotatable bonds is 5. The average molecular weight is 642 g/mol. The summed E-state index contributed by atoms with van der Waals surface area (Å²) < 4.78 is 12.6. The van der Waals surface area contributed by atoms with Crippen LogP contribution in [0.3, 0.4) is 0 Å². The minimum atomic E-state index is 0.755. The van der Waals surface area contributed by atoms with E-state index in [0.717, 1.165) is 90.0 Å². The molecule has 0 unspecified atom stereocenters. The van der Waals surface area contributed by atoms with Crippen molar-refractivity contribution in [2.75, 3.05) is 4.90 Å². The van der Waals surface area contributed by atoms with Crippen LogP contribution in [0.4, 0.5) is 17.1 Å². The molecule has 0 saturated heterocycles. The summed E-state index contributed by atoms with van der Waals surface area (Å²) >= 11 is 0. The van der Waals surface area contributed by atoms with E-state index >= 15 is 0 Å². The lowest BCUT2D eigenvalue weighted by Crippen LogP contribution is -2.22. The van der Waals surface area contributed by atoms with Crippen LogP contribution in [0.1, 0.15) is 11.3 Å². The second kappa shape index (κ2) is 11.5. The van der Waals surface area contributed by atoms with Gasteiger partial charge in [0.1, 0.15) is 22.5 Å². The van der Waals surface area contributed by atoms with Crippen molar-refractivity contribution >= 4 is 62.1 Å². The quantitative estimate of drug-likeness (QED) is 0.187. The fraction of sp³-hybridized carbons (Fsp3) is 0.0213. The normalized spacial score (nSPS) is 12.2. The van der Waals surface area contributed by atoms with E-state index in [9.17, 15) is 0 Å². The fourth-order valence-corrected chi connectivity index (χ4v) is 7.55. The smallest absolute Gasteiger partial charge is 0.135 e. The number of nitrogens with zero attached hydrogens (tertiary/aromatic N) is 1. The van der Waals surface area contributed by atoms with Crippen molar-refractivity contribution in [1.82, 2.24) is 0 Å². The Labute approximate surface area is 289 Å². The highest BCUT2D eigenvalue weighted by Gasteiger charge is 2.22. The van der Waals surface area contributed by atoms with Crippen molar-refractivity contribution in [3.05, 3.63) is 186 Å². The number of para-hydroxylation sites is 3. The molecule has 2 heterocycles. The molecule has 10 rings (SSSR count). The zero-order valence-electron chi connectivity index (χ0n) is 27.2. The molecule has 0 aliphatic heterocycles. The molecule has 0 atom stereocenters. The molecule has 1 aliphatic carbocycles. The topological polar surface area (TPSA) is 29.5 Å². The van der Waals surface area contributed by atoms with Crippen molar-refractivity contribution in [3.63, 3.8) is 0 Å². The molecule has 3 heteroatoms. The highest BCUT2D eigenvalue weighted by Crippen LogP contribution is 2.45. The van der Waals surface area contributed by atoms with E-state index in [-0.39, 0.29) is 0 Å². The van der Waals surface area contributed by atoms with E-state index in [1.54, 1.807) is 0 Å². The van der Waals surface area contributed by atoms with Crippen LogP contribution < -0.4 is 15.3 Å². The van der Waals surface area contributed by atoms with Gasteiger partial charge in [-0.1, -0.05) is 115 Å². The van der Waals surface area contributed by atoms with Gasteiger partial charge in [-0.3, -0.25) is 0 Å². The first-order chi connectivity index (χ1) is 24.8. The van der Waals surface area contributed by atoms with E-state index in [1.165, 1.54) is 10.4 Å². The van der Waals surface area contributed by atoms with Gasteiger partial charge in [0, 0.05) is 45.1 Å². The van der Waals surface area contributed by atoms with Crippen molar-refractivity contribution in [1.29, 1.82) is 0 Å². The Hall–Kier alpha value is -6.58. The molecule has 50 heavy (non-hydrogen) atoms. The maximum Gasteiger partial charge on any atom is 0.135 e. The fourth-order valence-electron chi connectivity index (χ4n) is 7.55. The van der Waals surface area contributed by atoms with Gasteiger partial charge in [0.05, 0.1) is 5.69 Å². The van der Waals surface area contributed by atoms with Gasteiger partial charge >= 0.3 is 0 Å². The monoisotopic (exact) mass is 641 g/mol. The molecule has 0 radical (unpaired) electrons. The number of benzene rings is 7. The second-order valence-corrected chi connectivity index (χ2v) is 12.8. The Morgan fingerprint density at radius 3 is 2.04 bits per heavy atom. The van der Waals surface area contributed by atoms with Gasteiger partial charge in [-0.2, -0.15) is 0 Å². The Morgan fingerprint density at radius 2 is 1.14 bits per heavy atom. The molecule has 9 aromatic rings. The highest BCUT2D eigenvalue weighted by atomic mass is 16.3. The van der Waals surface area contributed by atoms with Gasteiger partial charge in [0.2, 0.25) is 0 Å². The molecule has 0 fully saturated rings. The summed E-state index contributed by atoms with van der Waals surface area (Å²) in [5.41, 5.74) is 11.7. The molecule has 3 nitrogen and oxygen atoms in total. The summed E-state index contributed by atoms with van der Waals surface area (Å²) in [4.78, 5) is 2.36. The summed E-state index contributed by atoms with van der Waals surface area (Å²) in [6.45, 7) is 0. The minimum absolute atomic E-state index is 0.755. The zero-order chi connectivity index (χ0) is 33.0. The molecule has 1 aliphatic rings. The standard InChI is InChI=1S/C47H31NO2/c1-2-13-35(14-3-1)48(36-25-21-32(22-26-36)34-24-28-44-40(29-34)38-16-7-9-19-43(38)49-44)42-18-8-6-15-37(42)39-17-10-20-46-47(39)41-30-33-12-5-4-11-31(33)23-27-45(41)50-46/h1-26,28-30H,27H2. The minimum Gasteiger partial charge on any atom is -0.460 e. The Morgan fingerprint density at radius 1 is 0.460 bits per heavy atom. The number of hydrogen-bond donors (Lipinski definition) is 0. The third-order valence-corrected chi connectivity index (χ3v) is 9.92. The Bertz CT molecular complexity index is 2840. The van der Waals surface area contributed by atoms with Crippen molar-refractivity contribution < 1.29 is 8.83 Å². The largest absolute Gasteiger partial charge is 0.460 e. The number of hydrogen-bond acceptors (Lipinski definition) is 3. The van der Waals surface area contributed by atoms with Crippen molar-refractivity contribution in [3.8, 4) is 22.3 Å². The van der Waals surface area contributed by atoms with Gasteiger partial charge in [-0.05, 0) is 87.8 Å². The van der Waals surface area contributed by atoms with Crippen LogP contribution in [0.25, 0.3) is 67.3 Å². The third kappa shape index (κ3) is 4.67. The van der Waals surface area contributed by atoms with Crippen LogP contribution in [0.5, 0.6) is 0 Å². The molecule has 0 bridgehead atoms. The van der Waals surface area contributed by atoms with E-state index in [0.29, 0.717) is 0 Å².